The van der Waals surface area contributed by atoms with Crippen molar-refractivity contribution in [2.75, 3.05) is 0 Å². The molecule has 108 valence electrons. The van der Waals surface area contributed by atoms with Gasteiger partial charge in [0.15, 0.2) is 0 Å². The molecule has 0 radical (unpaired) electrons. The number of amides is 2. The van der Waals surface area contributed by atoms with Crippen molar-refractivity contribution in [3.05, 3.63) is 70.8 Å². The highest BCUT2D eigenvalue weighted by Crippen LogP contribution is 2.10. The molecule has 0 heterocycles. The van der Waals surface area contributed by atoms with E-state index in [1.807, 2.05) is 0 Å². The van der Waals surface area contributed by atoms with Crippen molar-refractivity contribution in [3.63, 3.8) is 0 Å². The fourth-order valence-electron chi connectivity index (χ4n) is 1.78. The zero-order valence-electron chi connectivity index (χ0n) is 10.9. The Hall–Kier alpha value is -2.76. The van der Waals surface area contributed by atoms with E-state index in [-0.39, 0.29) is 12.1 Å². The van der Waals surface area contributed by atoms with E-state index in [0.717, 1.165) is 18.2 Å². The molecule has 6 heteroatoms. The van der Waals surface area contributed by atoms with Crippen molar-refractivity contribution in [1.82, 2.24) is 5.32 Å². The number of halogens is 2. The van der Waals surface area contributed by atoms with Crippen molar-refractivity contribution >= 4 is 11.8 Å². The van der Waals surface area contributed by atoms with Gasteiger partial charge in [0.25, 0.3) is 5.91 Å². The summed E-state index contributed by atoms with van der Waals surface area (Å²) in [6.07, 6.45) is 0. The lowest BCUT2D eigenvalue weighted by Gasteiger charge is -2.07. The van der Waals surface area contributed by atoms with Crippen LogP contribution in [0.5, 0.6) is 0 Å². The predicted molar refractivity (Wildman–Crippen MR) is 72.5 cm³/mol. The average molecular weight is 290 g/mol. The molecule has 0 saturated heterocycles. The van der Waals surface area contributed by atoms with Crippen LogP contribution in [0.25, 0.3) is 0 Å². The first-order chi connectivity index (χ1) is 9.97. The Morgan fingerprint density at radius 2 is 1.86 bits per heavy atom. The molecular weight excluding hydrogens is 278 g/mol. The summed E-state index contributed by atoms with van der Waals surface area (Å²) in [5.74, 6) is -2.83. The number of carbonyl (C=O) groups is 2. The molecule has 3 N–H and O–H groups in total. The van der Waals surface area contributed by atoms with E-state index in [9.17, 15) is 18.4 Å². The minimum absolute atomic E-state index is 0.0654. The first-order valence-electron chi connectivity index (χ1n) is 6.09. The zero-order chi connectivity index (χ0) is 15.4. The molecule has 0 atom stereocenters. The molecule has 0 fully saturated rings. The van der Waals surface area contributed by atoms with Gasteiger partial charge in [-0.1, -0.05) is 12.1 Å². The van der Waals surface area contributed by atoms with E-state index in [0.29, 0.717) is 11.1 Å². The van der Waals surface area contributed by atoms with Gasteiger partial charge >= 0.3 is 0 Å². The normalized spacial score (nSPS) is 10.2. The lowest BCUT2D eigenvalue weighted by molar-refractivity contribution is 0.0945. The van der Waals surface area contributed by atoms with Gasteiger partial charge in [0.05, 0.1) is 5.56 Å². The molecule has 2 aromatic carbocycles. The second-order valence-electron chi connectivity index (χ2n) is 4.37. The molecule has 0 saturated carbocycles. The highest BCUT2D eigenvalue weighted by molar-refractivity contribution is 5.94. The van der Waals surface area contributed by atoms with Gasteiger partial charge in [0, 0.05) is 12.1 Å². The number of nitrogens with one attached hydrogen (secondary N) is 1. The topological polar surface area (TPSA) is 72.2 Å². The van der Waals surface area contributed by atoms with Crippen molar-refractivity contribution in [2.24, 2.45) is 5.73 Å². The third kappa shape index (κ3) is 3.62. The van der Waals surface area contributed by atoms with Crippen molar-refractivity contribution in [2.45, 2.75) is 6.54 Å². The van der Waals surface area contributed by atoms with E-state index >= 15 is 0 Å². The molecule has 21 heavy (non-hydrogen) atoms. The molecular formula is C15H12F2N2O2. The number of nitrogens with two attached hydrogens (primary N) is 1. The van der Waals surface area contributed by atoms with Crippen LogP contribution in [0.4, 0.5) is 8.78 Å². The number of carbonyl (C=O) groups excluding carboxylic acids is 2. The maximum atomic E-state index is 13.4. The third-order valence-electron chi connectivity index (χ3n) is 2.84. The van der Waals surface area contributed by atoms with Gasteiger partial charge in [-0.05, 0) is 35.9 Å². The second kappa shape index (κ2) is 6.13. The Morgan fingerprint density at radius 1 is 1.10 bits per heavy atom. The van der Waals surface area contributed by atoms with Crippen LogP contribution in [0, 0.1) is 11.6 Å². The van der Waals surface area contributed by atoms with E-state index < -0.39 is 23.4 Å². The third-order valence-corrected chi connectivity index (χ3v) is 2.84. The van der Waals surface area contributed by atoms with Gasteiger partial charge in [-0.3, -0.25) is 9.59 Å². The van der Waals surface area contributed by atoms with Crippen LogP contribution in [0.15, 0.2) is 42.5 Å². The highest BCUT2D eigenvalue weighted by Gasteiger charge is 2.12. The van der Waals surface area contributed by atoms with Gasteiger partial charge < -0.3 is 11.1 Å². The first-order valence-corrected chi connectivity index (χ1v) is 6.09. The molecule has 0 spiro atoms. The van der Waals surface area contributed by atoms with Crippen LogP contribution in [0.3, 0.4) is 0 Å². The SMILES string of the molecule is NC(=O)c1cccc(CNC(=O)c2cc(F)ccc2F)c1. The van der Waals surface area contributed by atoms with E-state index in [2.05, 4.69) is 5.32 Å². The summed E-state index contributed by atoms with van der Waals surface area (Å²) in [4.78, 5) is 22.8. The van der Waals surface area contributed by atoms with Gasteiger partial charge in [0.1, 0.15) is 11.6 Å². The molecule has 0 bridgehead atoms. The molecule has 2 rings (SSSR count). The molecule has 0 aliphatic heterocycles. The number of hydrogen-bond donors (Lipinski definition) is 2. The number of hydrogen-bond acceptors (Lipinski definition) is 2. The van der Waals surface area contributed by atoms with Gasteiger partial charge in [-0.2, -0.15) is 0 Å². The minimum Gasteiger partial charge on any atom is -0.366 e. The summed E-state index contributed by atoms with van der Waals surface area (Å²) in [7, 11) is 0. The minimum atomic E-state index is -0.806. The number of rotatable bonds is 4. The zero-order valence-corrected chi connectivity index (χ0v) is 10.9. The monoisotopic (exact) mass is 290 g/mol. The lowest BCUT2D eigenvalue weighted by atomic mass is 10.1. The van der Waals surface area contributed by atoms with Crippen molar-refractivity contribution < 1.29 is 18.4 Å². The van der Waals surface area contributed by atoms with E-state index in [1.54, 1.807) is 18.2 Å². The van der Waals surface area contributed by atoms with Crippen LogP contribution < -0.4 is 11.1 Å². The summed E-state index contributed by atoms with van der Waals surface area (Å²) in [6.45, 7) is 0.0654. The van der Waals surface area contributed by atoms with E-state index in [1.165, 1.54) is 6.07 Å². The second-order valence-corrected chi connectivity index (χ2v) is 4.37. The summed E-state index contributed by atoms with van der Waals surface area (Å²) >= 11 is 0. The Bertz CT molecular complexity index is 702. The Labute approximate surface area is 119 Å². The highest BCUT2D eigenvalue weighted by atomic mass is 19.1. The van der Waals surface area contributed by atoms with Gasteiger partial charge in [-0.25, -0.2) is 8.78 Å². The summed E-state index contributed by atoms with van der Waals surface area (Å²) < 4.78 is 26.4. The van der Waals surface area contributed by atoms with Crippen LogP contribution in [0.2, 0.25) is 0 Å². The molecule has 0 aliphatic carbocycles. The fourth-order valence-corrected chi connectivity index (χ4v) is 1.78. The fraction of sp³-hybridized carbons (Fsp3) is 0.0667. The van der Waals surface area contributed by atoms with Crippen molar-refractivity contribution in [3.8, 4) is 0 Å². The number of primary amides is 1. The maximum Gasteiger partial charge on any atom is 0.254 e. The molecule has 0 unspecified atom stereocenters. The standard InChI is InChI=1S/C15H12F2N2O2/c16-11-4-5-13(17)12(7-11)15(21)19-8-9-2-1-3-10(6-9)14(18)20/h1-7H,8H2,(H2,18,20)(H,19,21). The maximum absolute atomic E-state index is 13.4. The van der Waals surface area contributed by atoms with Gasteiger partial charge in [-0.15, -0.1) is 0 Å². The molecule has 2 aromatic rings. The van der Waals surface area contributed by atoms with Crippen LogP contribution in [-0.2, 0) is 6.54 Å². The molecule has 0 aromatic heterocycles. The first kappa shape index (κ1) is 14.6. The molecule has 4 nitrogen and oxygen atoms in total. The largest absolute Gasteiger partial charge is 0.366 e. The van der Waals surface area contributed by atoms with E-state index in [4.69, 9.17) is 5.73 Å². The number of benzene rings is 2. The molecule has 2 amide bonds. The van der Waals surface area contributed by atoms with Crippen LogP contribution in [-0.4, -0.2) is 11.8 Å². The van der Waals surface area contributed by atoms with Gasteiger partial charge in [0.2, 0.25) is 5.91 Å². The van der Waals surface area contributed by atoms with Crippen LogP contribution >= 0.6 is 0 Å². The van der Waals surface area contributed by atoms with Crippen LogP contribution in [0.1, 0.15) is 26.3 Å². The summed E-state index contributed by atoms with van der Waals surface area (Å²) in [6, 6.07) is 8.99. The van der Waals surface area contributed by atoms with Crippen molar-refractivity contribution in [1.29, 1.82) is 0 Å². The lowest BCUT2D eigenvalue weighted by Crippen LogP contribution is -2.24. The Balaban J connectivity index is 2.09. The Kier molecular flexibility index (Phi) is 4.27. The molecule has 0 aliphatic rings. The average Bonchev–Trinajstić information content (AvgIpc) is 2.47. The Morgan fingerprint density at radius 3 is 2.57 bits per heavy atom. The summed E-state index contributed by atoms with van der Waals surface area (Å²) in [5, 5.41) is 2.45. The summed E-state index contributed by atoms with van der Waals surface area (Å²) in [5.41, 5.74) is 5.70. The smallest absolute Gasteiger partial charge is 0.254 e. The predicted octanol–water partition coefficient (Wildman–Crippen LogP) is 1.99. The quantitative estimate of drug-likeness (QED) is 0.904.